The van der Waals surface area contributed by atoms with Gasteiger partial charge in [-0.25, -0.2) is 0 Å². The molecule has 0 bridgehead atoms. The van der Waals surface area contributed by atoms with Crippen LogP contribution in [-0.4, -0.2) is 59.6 Å². The van der Waals surface area contributed by atoms with Gasteiger partial charge in [0.1, 0.15) is 24.4 Å². The molecule has 1 saturated heterocycles. The van der Waals surface area contributed by atoms with Gasteiger partial charge in [0.05, 0.1) is 13.2 Å². The molecular weight excluding hydrogens is 320 g/mol. The summed E-state index contributed by atoms with van der Waals surface area (Å²) in [6.45, 7) is 2.41. The Morgan fingerprint density at radius 1 is 1.04 bits per heavy atom. The van der Waals surface area contributed by atoms with Gasteiger partial charge in [-0.3, -0.25) is 0 Å². The third-order valence-electron chi connectivity index (χ3n) is 4.79. The van der Waals surface area contributed by atoms with Crippen LogP contribution >= 0.6 is 0 Å². The highest BCUT2D eigenvalue weighted by molar-refractivity contribution is 4.89. The molecule has 4 atom stereocenters. The van der Waals surface area contributed by atoms with Crippen LogP contribution in [0.25, 0.3) is 0 Å². The number of aliphatic hydroxyl groups excluding tert-OH is 3. The first kappa shape index (κ1) is 22.6. The number of hydrogen-bond acceptors (Lipinski definition) is 5. The highest BCUT2D eigenvalue weighted by Gasteiger charge is 2.40. The number of aliphatic hydroxyl groups is 3. The highest BCUT2D eigenvalue weighted by Crippen LogP contribution is 2.21. The van der Waals surface area contributed by atoms with Crippen LogP contribution in [0.15, 0.2) is 12.2 Å². The minimum Gasteiger partial charge on any atom is -0.394 e. The van der Waals surface area contributed by atoms with Gasteiger partial charge in [-0.2, -0.15) is 0 Å². The Kier molecular flexibility index (Phi) is 13.3. The lowest BCUT2D eigenvalue weighted by Gasteiger charge is -2.23. The quantitative estimate of drug-likeness (QED) is 0.310. The van der Waals surface area contributed by atoms with Crippen molar-refractivity contribution in [2.45, 2.75) is 95.5 Å². The number of unbranched alkanes of at least 4 members (excludes halogenated alkanes) is 9. The van der Waals surface area contributed by atoms with Gasteiger partial charge in [0.25, 0.3) is 0 Å². The molecule has 1 heterocycles. The third kappa shape index (κ3) is 9.71. The van der Waals surface area contributed by atoms with Crippen molar-refractivity contribution in [3.63, 3.8) is 0 Å². The molecule has 0 saturated carbocycles. The summed E-state index contributed by atoms with van der Waals surface area (Å²) in [4.78, 5) is 0. The smallest absolute Gasteiger partial charge is 0.114 e. The molecule has 0 radical (unpaired) electrons. The molecule has 0 aromatic rings. The predicted molar refractivity (Wildman–Crippen MR) is 99.6 cm³/mol. The zero-order valence-electron chi connectivity index (χ0n) is 15.8. The molecule has 1 aliphatic heterocycles. The molecule has 1 aliphatic rings. The second-order valence-corrected chi connectivity index (χ2v) is 6.99. The molecule has 0 spiro atoms. The number of ether oxygens (including phenoxy) is 2. The summed E-state index contributed by atoms with van der Waals surface area (Å²) in [5.74, 6) is 0. The summed E-state index contributed by atoms with van der Waals surface area (Å²) in [6, 6.07) is 0. The minimum absolute atomic E-state index is 0.154. The van der Waals surface area contributed by atoms with E-state index in [4.69, 9.17) is 14.6 Å². The minimum atomic E-state index is -1.000. The zero-order chi connectivity index (χ0) is 18.3. The monoisotopic (exact) mass is 358 g/mol. The lowest BCUT2D eigenvalue weighted by molar-refractivity contribution is -0.0938. The summed E-state index contributed by atoms with van der Waals surface area (Å²) >= 11 is 0. The van der Waals surface area contributed by atoms with E-state index in [0.717, 1.165) is 12.8 Å². The number of allylic oxidation sites excluding steroid dienone is 2. The molecule has 148 valence electrons. The fraction of sp³-hybridized carbons (Fsp3) is 0.900. The van der Waals surface area contributed by atoms with E-state index in [1.165, 1.54) is 51.4 Å². The Bertz CT molecular complexity index is 334. The molecule has 5 nitrogen and oxygen atoms in total. The summed E-state index contributed by atoms with van der Waals surface area (Å²) in [5, 5.41) is 28.5. The molecule has 3 N–H and O–H groups in total. The zero-order valence-corrected chi connectivity index (χ0v) is 15.8. The van der Waals surface area contributed by atoms with Crippen molar-refractivity contribution in [1.82, 2.24) is 0 Å². The molecule has 0 aliphatic carbocycles. The largest absolute Gasteiger partial charge is 0.394 e. The average Bonchev–Trinajstić information content (AvgIpc) is 2.99. The van der Waals surface area contributed by atoms with Gasteiger partial charge in [0.2, 0.25) is 0 Å². The van der Waals surface area contributed by atoms with E-state index >= 15 is 0 Å². The van der Waals surface area contributed by atoms with Crippen molar-refractivity contribution in [3.05, 3.63) is 12.2 Å². The van der Waals surface area contributed by atoms with Crippen LogP contribution < -0.4 is 0 Å². The Morgan fingerprint density at radius 3 is 2.24 bits per heavy atom. The van der Waals surface area contributed by atoms with E-state index in [2.05, 4.69) is 19.1 Å². The average molecular weight is 359 g/mol. The molecule has 1 rings (SSSR count). The summed E-state index contributed by atoms with van der Waals surface area (Å²) in [5.41, 5.74) is 0. The maximum Gasteiger partial charge on any atom is 0.114 e. The van der Waals surface area contributed by atoms with E-state index < -0.39 is 24.4 Å². The third-order valence-corrected chi connectivity index (χ3v) is 4.79. The van der Waals surface area contributed by atoms with Crippen LogP contribution in [0.3, 0.4) is 0 Å². The fourth-order valence-electron chi connectivity index (χ4n) is 3.25. The van der Waals surface area contributed by atoms with Crippen molar-refractivity contribution < 1.29 is 24.8 Å². The van der Waals surface area contributed by atoms with Gasteiger partial charge in [0, 0.05) is 6.61 Å². The van der Waals surface area contributed by atoms with E-state index in [1.807, 2.05) is 0 Å². The highest BCUT2D eigenvalue weighted by atomic mass is 16.6. The van der Waals surface area contributed by atoms with Crippen molar-refractivity contribution >= 4 is 0 Å². The summed E-state index contributed by atoms with van der Waals surface area (Å²) in [7, 11) is 0. The van der Waals surface area contributed by atoms with Crippen LogP contribution in [0.5, 0.6) is 0 Å². The molecule has 0 aromatic carbocycles. The number of rotatable bonds is 15. The van der Waals surface area contributed by atoms with Crippen LogP contribution in [-0.2, 0) is 9.47 Å². The summed E-state index contributed by atoms with van der Waals surface area (Å²) in [6.07, 6.45) is 13.9. The first-order valence-corrected chi connectivity index (χ1v) is 10.0. The second kappa shape index (κ2) is 14.7. The molecule has 1 fully saturated rings. The van der Waals surface area contributed by atoms with Gasteiger partial charge < -0.3 is 24.8 Å². The van der Waals surface area contributed by atoms with Crippen molar-refractivity contribution in [1.29, 1.82) is 0 Å². The van der Waals surface area contributed by atoms with E-state index in [1.54, 1.807) is 0 Å². The van der Waals surface area contributed by atoms with E-state index in [-0.39, 0.29) is 13.2 Å². The van der Waals surface area contributed by atoms with Gasteiger partial charge in [-0.05, 0) is 26.2 Å². The first-order valence-electron chi connectivity index (χ1n) is 10.0. The van der Waals surface area contributed by atoms with Crippen molar-refractivity contribution in [3.8, 4) is 0 Å². The molecule has 0 aromatic heterocycles. The molecule has 5 heteroatoms. The van der Waals surface area contributed by atoms with E-state index in [0.29, 0.717) is 6.61 Å². The Morgan fingerprint density at radius 2 is 1.64 bits per heavy atom. The predicted octanol–water partition coefficient (Wildman–Crippen LogP) is 2.96. The van der Waals surface area contributed by atoms with Crippen molar-refractivity contribution in [2.24, 2.45) is 0 Å². The van der Waals surface area contributed by atoms with Crippen LogP contribution in [0, 0.1) is 0 Å². The first-order chi connectivity index (χ1) is 12.2. The lowest BCUT2D eigenvalue weighted by atomic mass is 10.1. The van der Waals surface area contributed by atoms with Crippen LogP contribution in [0.2, 0.25) is 0 Å². The van der Waals surface area contributed by atoms with Crippen LogP contribution in [0.1, 0.15) is 71.1 Å². The molecule has 0 amide bonds. The van der Waals surface area contributed by atoms with Crippen LogP contribution in [0.4, 0.5) is 0 Å². The maximum absolute atomic E-state index is 9.85. The Hall–Kier alpha value is -0.460. The lowest BCUT2D eigenvalue weighted by Crippen LogP contribution is -2.42. The topological polar surface area (TPSA) is 79.2 Å². The number of hydrogen-bond donors (Lipinski definition) is 3. The normalized spacial score (nSPS) is 25.0. The van der Waals surface area contributed by atoms with E-state index in [9.17, 15) is 10.2 Å². The maximum atomic E-state index is 9.85. The SMILES string of the molecule is C/C=C/CCCCCCCCCCCO[C@H]1[C@@H]([C@H](O)CO)OC[C@@H]1O. The van der Waals surface area contributed by atoms with Gasteiger partial charge in [-0.15, -0.1) is 0 Å². The molecule has 25 heavy (non-hydrogen) atoms. The molecular formula is C20H38O5. The second-order valence-electron chi connectivity index (χ2n) is 6.99. The van der Waals surface area contributed by atoms with Gasteiger partial charge in [-0.1, -0.05) is 57.1 Å². The van der Waals surface area contributed by atoms with Gasteiger partial charge in [0.15, 0.2) is 0 Å². The fourth-order valence-corrected chi connectivity index (χ4v) is 3.25. The Labute approximate surface area is 153 Å². The summed E-state index contributed by atoms with van der Waals surface area (Å²) < 4.78 is 11.0. The van der Waals surface area contributed by atoms with Crippen molar-refractivity contribution in [2.75, 3.05) is 19.8 Å². The molecule has 0 unspecified atom stereocenters. The standard InChI is InChI=1S/C20H38O5/c1-2-3-4-5-6-7-8-9-10-11-12-13-14-24-20-18(23)16-25-19(20)17(22)15-21/h2-3,17-23H,4-16H2,1H3/b3-2+/t17-,18+,19-,20-/m1/s1. The van der Waals surface area contributed by atoms with Gasteiger partial charge >= 0.3 is 0 Å². The Balaban J connectivity index is 1.93.